The highest BCUT2D eigenvalue weighted by Gasteiger charge is 2.21. The molecule has 1 aliphatic rings. The summed E-state index contributed by atoms with van der Waals surface area (Å²) in [6.45, 7) is 6.59. The van der Waals surface area contributed by atoms with Crippen LogP contribution in [0.5, 0.6) is 5.88 Å². The van der Waals surface area contributed by atoms with Crippen LogP contribution in [0.3, 0.4) is 0 Å². The number of fused-ring (bicyclic) bond motifs is 2. The van der Waals surface area contributed by atoms with Crippen molar-refractivity contribution in [1.82, 2.24) is 24.2 Å². The normalized spacial score (nSPS) is 14.5. The largest absolute Gasteiger partial charge is 0.494 e. The Morgan fingerprint density at radius 3 is 2.64 bits per heavy atom. The number of carbonyl (C=O) groups is 1. The number of piperazine rings is 1. The number of pyridine rings is 1. The molecule has 4 heterocycles. The Hall–Kier alpha value is -4.30. The summed E-state index contributed by atoms with van der Waals surface area (Å²) in [5.41, 5.74) is 5.30. The van der Waals surface area contributed by atoms with Crippen LogP contribution in [-0.4, -0.2) is 67.9 Å². The Balaban J connectivity index is 1.22. The molecule has 1 aliphatic heterocycles. The van der Waals surface area contributed by atoms with Gasteiger partial charge in [-0.05, 0) is 60.6 Å². The van der Waals surface area contributed by atoms with Crippen molar-refractivity contribution in [2.24, 2.45) is 0 Å². The van der Waals surface area contributed by atoms with E-state index < -0.39 is 0 Å². The monoisotopic (exact) mass is 480 g/mol. The Labute approximate surface area is 208 Å². The van der Waals surface area contributed by atoms with Crippen molar-refractivity contribution in [1.29, 1.82) is 0 Å². The van der Waals surface area contributed by atoms with Crippen molar-refractivity contribution in [3.05, 3.63) is 78.8 Å². The van der Waals surface area contributed by atoms with E-state index in [4.69, 9.17) is 0 Å². The summed E-state index contributed by atoms with van der Waals surface area (Å²) in [5.74, 6) is 0.265. The third-order valence-electron chi connectivity index (χ3n) is 7.03. The van der Waals surface area contributed by atoms with E-state index >= 15 is 0 Å². The average Bonchev–Trinajstić information content (AvgIpc) is 3.56. The van der Waals surface area contributed by atoms with Gasteiger partial charge in [0.05, 0.1) is 11.4 Å². The number of H-pyrrole nitrogens is 1. The second kappa shape index (κ2) is 9.05. The number of likely N-dealkylation sites (N-methyl/N-ethyl adjacent to an activating group) is 1. The highest BCUT2D eigenvalue weighted by atomic mass is 16.3. The highest BCUT2D eigenvalue weighted by Crippen LogP contribution is 2.31. The van der Waals surface area contributed by atoms with Gasteiger partial charge < -0.3 is 25.2 Å². The molecule has 0 atom stereocenters. The van der Waals surface area contributed by atoms with E-state index in [0.717, 1.165) is 71.8 Å². The van der Waals surface area contributed by atoms with E-state index in [1.807, 2.05) is 64.0 Å². The number of hydrogen-bond acceptors (Lipinski definition) is 5. The standard InChI is InChI=1S/C28H28N6O2/c1-2-32-13-15-33(16-14-32)28(36)19-3-6-22(7-4-19)31-24-9-10-25(34-12-11-29-26(24)34)20-5-8-23-21(17-20)18-30-27(23)35/h3-12,17-18,30-31,35H,2,13-16H2,1H3. The number of anilines is 2. The van der Waals surface area contributed by atoms with Crippen LogP contribution in [0.25, 0.3) is 27.7 Å². The molecule has 0 unspecified atom stereocenters. The van der Waals surface area contributed by atoms with Crippen molar-refractivity contribution in [2.75, 3.05) is 38.0 Å². The Bertz CT molecular complexity index is 1540. The fourth-order valence-electron chi connectivity index (χ4n) is 4.93. The SMILES string of the molecule is CCN1CCN(C(=O)c2ccc(Nc3ccc(-c4ccc5c(O)[nH]cc5c4)n4ccnc34)cc2)CC1. The number of aromatic amines is 1. The molecule has 1 fully saturated rings. The number of aromatic hydroxyl groups is 1. The van der Waals surface area contributed by atoms with Gasteiger partial charge in [0.25, 0.3) is 5.91 Å². The van der Waals surface area contributed by atoms with Crippen LogP contribution >= 0.6 is 0 Å². The van der Waals surface area contributed by atoms with Gasteiger partial charge >= 0.3 is 0 Å². The lowest BCUT2D eigenvalue weighted by molar-refractivity contribution is 0.0643. The molecule has 3 aromatic heterocycles. The average molecular weight is 481 g/mol. The Morgan fingerprint density at radius 2 is 1.86 bits per heavy atom. The predicted molar refractivity (Wildman–Crippen MR) is 142 cm³/mol. The summed E-state index contributed by atoms with van der Waals surface area (Å²) in [6.07, 6.45) is 5.52. The van der Waals surface area contributed by atoms with Gasteiger partial charge in [0.2, 0.25) is 0 Å². The first-order valence-corrected chi connectivity index (χ1v) is 12.3. The maximum absolute atomic E-state index is 12.9. The number of aromatic nitrogens is 3. The minimum absolute atomic E-state index is 0.0880. The van der Waals surface area contributed by atoms with Crippen molar-refractivity contribution in [3.63, 3.8) is 0 Å². The van der Waals surface area contributed by atoms with Crippen molar-refractivity contribution in [2.45, 2.75) is 6.92 Å². The lowest BCUT2D eigenvalue weighted by Gasteiger charge is -2.34. The molecule has 6 rings (SSSR count). The number of rotatable bonds is 5. The zero-order chi connectivity index (χ0) is 24.6. The lowest BCUT2D eigenvalue weighted by Crippen LogP contribution is -2.48. The summed E-state index contributed by atoms with van der Waals surface area (Å²) in [4.78, 5) is 24.7. The minimum atomic E-state index is 0.0880. The molecule has 8 heteroatoms. The van der Waals surface area contributed by atoms with Crippen molar-refractivity contribution in [3.8, 4) is 17.1 Å². The number of carbonyl (C=O) groups excluding carboxylic acids is 1. The molecule has 0 aliphatic carbocycles. The second-order valence-electron chi connectivity index (χ2n) is 9.12. The van der Waals surface area contributed by atoms with Crippen LogP contribution in [-0.2, 0) is 0 Å². The molecule has 1 saturated heterocycles. The summed E-state index contributed by atoms with van der Waals surface area (Å²) in [7, 11) is 0. The topological polar surface area (TPSA) is 88.9 Å². The highest BCUT2D eigenvalue weighted by molar-refractivity contribution is 5.95. The fourth-order valence-corrected chi connectivity index (χ4v) is 4.93. The first kappa shape index (κ1) is 22.2. The number of benzene rings is 2. The Morgan fingerprint density at radius 1 is 1.06 bits per heavy atom. The van der Waals surface area contributed by atoms with Crippen LogP contribution in [0.2, 0.25) is 0 Å². The molecule has 2 aromatic carbocycles. The fraction of sp³-hybridized carbons (Fsp3) is 0.214. The molecule has 36 heavy (non-hydrogen) atoms. The zero-order valence-corrected chi connectivity index (χ0v) is 20.1. The lowest BCUT2D eigenvalue weighted by atomic mass is 10.1. The summed E-state index contributed by atoms with van der Waals surface area (Å²) < 4.78 is 2.05. The van der Waals surface area contributed by atoms with Crippen LogP contribution < -0.4 is 5.32 Å². The van der Waals surface area contributed by atoms with Gasteiger partial charge in [-0.25, -0.2) is 4.98 Å². The molecule has 0 radical (unpaired) electrons. The maximum Gasteiger partial charge on any atom is 0.253 e. The van der Waals surface area contributed by atoms with E-state index in [1.54, 1.807) is 12.4 Å². The van der Waals surface area contributed by atoms with Gasteiger partial charge in [0.15, 0.2) is 11.5 Å². The van der Waals surface area contributed by atoms with Crippen LogP contribution in [0, 0.1) is 0 Å². The smallest absolute Gasteiger partial charge is 0.253 e. The molecule has 0 bridgehead atoms. The second-order valence-corrected chi connectivity index (χ2v) is 9.12. The third-order valence-corrected chi connectivity index (χ3v) is 7.03. The van der Waals surface area contributed by atoms with Gasteiger partial charge in [-0.15, -0.1) is 0 Å². The number of amides is 1. The molecule has 5 aromatic rings. The first-order chi connectivity index (χ1) is 17.6. The van der Waals surface area contributed by atoms with Crippen LogP contribution in [0.4, 0.5) is 11.4 Å². The molecular formula is C28H28N6O2. The Kier molecular flexibility index (Phi) is 5.58. The third kappa shape index (κ3) is 3.95. The molecular weight excluding hydrogens is 452 g/mol. The number of nitrogens with one attached hydrogen (secondary N) is 2. The molecule has 0 saturated carbocycles. The zero-order valence-electron chi connectivity index (χ0n) is 20.1. The van der Waals surface area contributed by atoms with E-state index in [2.05, 4.69) is 33.2 Å². The van der Waals surface area contributed by atoms with Gasteiger partial charge in [-0.3, -0.25) is 9.20 Å². The van der Waals surface area contributed by atoms with Gasteiger partial charge in [-0.2, -0.15) is 0 Å². The number of hydrogen-bond donors (Lipinski definition) is 3. The summed E-state index contributed by atoms with van der Waals surface area (Å²) in [5, 5.41) is 15.1. The predicted octanol–water partition coefficient (Wildman–Crippen LogP) is 4.71. The van der Waals surface area contributed by atoms with Crippen molar-refractivity contribution >= 4 is 33.7 Å². The van der Waals surface area contributed by atoms with Gasteiger partial charge in [0.1, 0.15) is 0 Å². The number of imidazole rings is 1. The van der Waals surface area contributed by atoms with E-state index in [9.17, 15) is 9.90 Å². The molecule has 8 nitrogen and oxygen atoms in total. The van der Waals surface area contributed by atoms with E-state index in [0.29, 0.717) is 5.56 Å². The van der Waals surface area contributed by atoms with Gasteiger partial charge in [0, 0.05) is 66.8 Å². The molecule has 182 valence electrons. The number of nitrogens with zero attached hydrogens (tertiary/aromatic N) is 4. The first-order valence-electron chi connectivity index (χ1n) is 12.3. The van der Waals surface area contributed by atoms with E-state index in [-0.39, 0.29) is 11.8 Å². The van der Waals surface area contributed by atoms with Crippen LogP contribution in [0.15, 0.2) is 73.2 Å². The maximum atomic E-state index is 12.9. The molecule has 0 spiro atoms. The quantitative estimate of drug-likeness (QED) is 0.339. The summed E-state index contributed by atoms with van der Waals surface area (Å²) >= 11 is 0. The molecule has 1 amide bonds. The summed E-state index contributed by atoms with van der Waals surface area (Å²) in [6, 6.07) is 17.7. The van der Waals surface area contributed by atoms with Crippen molar-refractivity contribution < 1.29 is 9.90 Å². The molecule has 3 N–H and O–H groups in total. The minimum Gasteiger partial charge on any atom is -0.494 e. The van der Waals surface area contributed by atoms with E-state index in [1.165, 1.54) is 0 Å². The van der Waals surface area contributed by atoms with Crippen LogP contribution in [0.1, 0.15) is 17.3 Å². The van der Waals surface area contributed by atoms with Gasteiger partial charge in [-0.1, -0.05) is 13.0 Å².